The smallest absolute Gasteiger partial charge is 0.348 e. The van der Waals surface area contributed by atoms with Crippen LogP contribution in [0.15, 0.2) is 53.5 Å². The van der Waals surface area contributed by atoms with E-state index in [1.165, 1.54) is 15.3 Å². The molecule has 4 aromatic rings. The number of rotatable bonds is 4. The molecule has 1 aliphatic rings. The molecule has 1 aromatic carbocycles. The average molecular weight is 436 g/mol. The van der Waals surface area contributed by atoms with Gasteiger partial charge in [0, 0.05) is 32.4 Å². The first-order valence-electron chi connectivity index (χ1n) is 10.0. The van der Waals surface area contributed by atoms with Crippen molar-refractivity contribution in [2.45, 2.75) is 13.0 Å². The topological polar surface area (TPSA) is 96.9 Å². The maximum atomic E-state index is 12.7. The number of fused-ring (bicyclic) bond motifs is 2. The van der Waals surface area contributed by atoms with Gasteiger partial charge in [-0.2, -0.15) is 0 Å². The van der Waals surface area contributed by atoms with Crippen LogP contribution in [0.2, 0.25) is 0 Å². The third-order valence-corrected chi connectivity index (χ3v) is 6.91. The Morgan fingerprint density at radius 3 is 2.55 bits per heavy atom. The second-order valence-electron chi connectivity index (χ2n) is 7.49. The molecule has 0 amide bonds. The fraction of sp³-hybridized carbons (Fsp3) is 0.286. The Balaban J connectivity index is 1.40. The summed E-state index contributed by atoms with van der Waals surface area (Å²) < 4.78 is 2.38. The molecule has 10 heteroatoms. The Labute approximate surface area is 181 Å². The Bertz CT molecular complexity index is 1310. The second-order valence-corrected chi connectivity index (χ2v) is 8.56. The van der Waals surface area contributed by atoms with E-state index in [4.69, 9.17) is 4.98 Å². The van der Waals surface area contributed by atoms with Crippen molar-refractivity contribution in [3.63, 3.8) is 0 Å². The van der Waals surface area contributed by atoms with Gasteiger partial charge in [0.25, 0.3) is 0 Å². The summed E-state index contributed by atoms with van der Waals surface area (Å²) in [6, 6.07) is 13.3. The largest absolute Gasteiger partial charge is 0.376 e. The highest BCUT2D eigenvalue weighted by molar-refractivity contribution is 7.18. The summed E-state index contributed by atoms with van der Waals surface area (Å²) in [6.45, 7) is 4.63. The number of anilines is 1. The monoisotopic (exact) mass is 436 g/mol. The zero-order chi connectivity index (χ0) is 21.5. The number of pyridine rings is 1. The molecule has 0 radical (unpaired) electrons. The van der Waals surface area contributed by atoms with Gasteiger partial charge in [-0.15, -0.1) is 11.3 Å². The van der Waals surface area contributed by atoms with E-state index in [0.29, 0.717) is 31.8 Å². The fourth-order valence-corrected chi connectivity index (χ4v) is 5.05. The summed E-state index contributed by atoms with van der Waals surface area (Å²) in [4.78, 5) is 37.1. The van der Waals surface area contributed by atoms with Gasteiger partial charge in [-0.25, -0.2) is 9.97 Å². The van der Waals surface area contributed by atoms with Crippen LogP contribution in [0.1, 0.15) is 18.0 Å². The lowest BCUT2D eigenvalue weighted by molar-refractivity contribution is -0.385. The van der Waals surface area contributed by atoms with E-state index < -0.39 is 16.2 Å². The molecular formula is C21H20N6O3S. The van der Waals surface area contributed by atoms with Crippen LogP contribution in [0.3, 0.4) is 0 Å². The molecule has 158 valence electrons. The normalized spacial score (nSPS) is 16.1. The van der Waals surface area contributed by atoms with Crippen LogP contribution in [0.4, 0.5) is 11.5 Å². The standard InChI is InChI=1S/C21H20N6O3S/c1-14(20-22-15-6-2-3-7-16(15)31-20)24-10-12-25(13-11-24)19-18(27(29)30)21(28)26-9-5-4-8-17(26)23-19/h2-9,14H,10-13H2,1H3. The zero-order valence-corrected chi connectivity index (χ0v) is 17.7. The van der Waals surface area contributed by atoms with Crippen LogP contribution in [-0.4, -0.2) is 50.4 Å². The molecule has 0 bridgehead atoms. The quantitative estimate of drug-likeness (QED) is 0.358. The minimum absolute atomic E-state index is 0.143. The SMILES string of the molecule is CC(c1nc2ccccc2s1)N1CCN(c2nc3ccccn3c(=O)c2[N+](=O)[O-])CC1. The molecule has 1 atom stereocenters. The van der Waals surface area contributed by atoms with Crippen LogP contribution in [-0.2, 0) is 0 Å². The average Bonchev–Trinajstić information content (AvgIpc) is 3.23. The number of aromatic nitrogens is 3. The van der Waals surface area contributed by atoms with E-state index in [2.05, 4.69) is 22.9 Å². The van der Waals surface area contributed by atoms with Gasteiger partial charge in [0.1, 0.15) is 10.7 Å². The number of piperazine rings is 1. The van der Waals surface area contributed by atoms with Crippen molar-refractivity contribution in [1.29, 1.82) is 0 Å². The van der Waals surface area contributed by atoms with Crippen LogP contribution < -0.4 is 10.5 Å². The summed E-state index contributed by atoms with van der Waals surface area (Å²) in [5.41, 5.74) is 0.273. The lowest BCUT2D eigenvalue weighted by Gasteiger charge is -2.37. The van der Waals surface area contributed by atoms with E-state index in [1.54, 1.807) is 29.5 Å². The number of thiazole rings is 1. The van der Waals surface area contributed by atoms with E-state index >= 15 is 0 Å². The lowest BCUT2D eigenvalue weighted by atomic mass is 10.2. The highest BCUT2D eigenvalue weighted by atomic mass is 32.1. The van der Waals surface area contributed by atoms with Gasteiger partial charge in [0.05, 0.1) is 21.2 Å². The van der Waals surface area contributed by atoms with Gasteiger partial charge in [0.2, 0.25) is 5.82 Å². The third kappa shape index (κ3) is 3.43. The molecule has 3 aromatic heterocycles. The molecule has 1 fully saturated rings. The molecule has 0 aliphatic carbocycles. The molecule has 9 nitrogen and oxygen atoms in total. The number of benzene rings is 1. The van der Waals surface area contributed by atoms with Crippen molar-refractivity contribution in [2.24, 2.45) is 0 Å². The van der Waals surface area contributed by atoms with Gasteiger partial charge in [0.15, 0.2) is 0 Å². The molecule has 1 aliphatic heterocycles. The first-order chi connectivity index (χ1) is 15.0. The van der Waals surface area contributed by atoms with Crippen LogP contribution in [0, 0.1) is 10.1 Å². The number of hydrogen-bond donors (Lipinski definition) is 0. The molecular weight excluding hydrogens is 416 g/mol. The number of nitro groups is 1. The molecule has 0 N–H and O–H groups in total. The minimum atomic E-state index is -0.657. The Morgan fingerprint density at radius 1 is 1.06 bits per heavy atom. The predicted octanol–water partition coefficient (Wildman–Crippen LogP) is 3.10. The van der Waals surface area contributed by atoms with Gasteiger partial charge in [-0.1, -0.05) is 18.2 Å². The summed E-state index contributed by atoms with van der Waals surface area (Å²) in [5.74, 6) is 0.147. The molecule has 4 heterocycles. The first kappa shape index (κ1) is 19.6. The molecule has 0 saturated carbocycles. The van der Waals surface area contributed by atoms with E-state index in [1.807, 2.05) is 23.1 Å². The van der Waals surface area contributed by atoms with Gasteiger partial charge < -0.3 is 4.90 Å². The summed E-state index contributed by atoms with van der Waals surface area (Å²) in [5, 5.41) is 12.7. The number of hydrogen-bond acceptors (Lipinski definition) is 8. The van der Waals surface area contributed by atoms with Gasteiger partial charge in [-0.3, -0.25) is 24.2 Å². The Kier molecular flexibility index (Phi) is 4.87. The van der Waals surface area contributed by atoms with Crippen molar-refractivity contribution < 1.29 is 4.92 Å². The van der Waals surface area contributed by atoms with Crippen molar-refractivity contribution in [2.75, 3.05) is 31.1 Å². The second kappa shape index (κ2) is 7.71. The maximum absolute atomic E-state index is 12.7. The van der Waals surface area contributed by atoms with Crippen molar-refractivity contribution in [3.05, 3.63) is 74.1 Å². The third-order valence-electron chi connectivity index (χ3n) is 5.70. The molecule has 31 heavy (non-hydrogen) atoms. The summed E-state index contributed by atoms with van der Waals surface area (Å²) in [7, 11) is 0. The van der Waals surface area contributed by atoms with E-state index in [-0.39, 0.29) is 11.9 Å². The van der Waals surface area contributed by atoms with Crippen LogP contribution in [0.25, 0.3) is 15.9 Å². The molecule has 5 rings (SSSR count). The molecule has 0 spiro atoms. The Hall–Kier alpha value is -3.37. The maximum Gasteiger partial charge on any atom is 0.376 e. The zero-order valence-electron chi connectivity index (χ0n) is 16.8. The van der Waals surface area contributed by atoms with E-state index in [0.717, 1.165) is 10.5 Å². The highest BCUT2D eigenvalue weighted by Crippen LogP contribution is 2.31. The number of para-hydroxylation sites is 1. The summed E-state index contributed by atoms with van der Waals surface area (Å²) in [6.07, 6.45) is 1.50. The fourth-order valence-electron chi connectivity index (χ4n) is 3.99. The van der Waals surface area contributed by atoms with E-state index in [9.17, 15) is 14.9 Å². The number of nitrogens with zero attached hydrogens (tertiary/aromatic N) is 6. The van der Waals surface area contributed by atoms with Crippen LogP contribution in [0.5, 0.6) is 0 Å². The minimum Gasteiger partial charge on any atom is -0.348 e. The first-order valence-corrected chi connectivity index (χ1v) is 10.8. The summed E-state index contributed by atoms with van der Waals surface area (Å²) >= 11 is 1.69. The predicted molar refractivity (Wildman–Crippen MR) is 120 cm³/mol. The van der Waals surface area contributed by atoms with Crippen molar-refractivity contribution in [1.82, 2.24) is 19.3 Å². The van der Waals surface area contributed by atoms with Crippen molar-refractivity contribution in [3.8, 4) is 0 Å². The lowest BCUT2D eigenvalue weighted by Crippen LogP contribution is -2.48. The highest BCUT2D eigenvalue weighted by Gasteiger charge is 2.31. The Morgan fingerprint density at radius 2 is 1.81 bits per heavy atom. The molecule has 1 saturated heterocycles. The van der Waals surface area contributed by atoms with Gasteiger partial charge in [-0.05, 0) is 31.2 Å². The van der Waals surface area contributed by atoms with Crippen molar-refractivity contribution >= 4 is 38.7 Å². The molecule has 1 unspecified atom stereocenters. The van der Waals surface area contributed by atoms with Crippen LogP contribution >= 0.6 is 11.3 Å². The van der Waals surface area contributed by atoms with Gasteiger partial charge >= 0.3 is 11.2 Å².